The average molecular weight is 488 g/mol. The lowest BCUT2D eigenvalue weighted by Crippen LogP contribution is -2.23. The molecular weight excluding hydrogens is 465 g/mol. The second-order valence-corrected chi connectivity index (χ2v) is 7.78. The van der Waals surface area contributed by atoms with Crippen LogP contribution in [-0.2, 0) is 0 Å². The summed E-state index contributed by atoms with van der Waals surface area (Å²) in [4.78, 5) is 12.8. The predicted molar refractivity (Wildman–Crippen MR) is 140 cm³/mol. The molecule has 35 heavy (non-hydrogen) atoms. The van der Waals surface area contributed by atoms with Gasteiger partial charge in [0, 0.05) is 11.3 Å². The Balaban J connectivity index is 1.53. The van der Waals surface area contributed by atoms with E-state index in [9.17, 15) is 9.18 Å². The Hall–Kier alpha value is -4.30. The van der Waals surface area contributed by atoms with E-state index in [-0.39, 0.29) is 10.9 Å². The van der Waals surface area contributed by atoms with E-state index in [0.717, 1.165) is 10.8 Å². The highest BCUT2D eigenvalue weighted by Gasteiger charge is 2.14. The summed E-state index contributed by atoms with van der Waals surface area (Å²) in [5.74, 6) is 0.194. The number of carbonyl (C=O) groups is 1. The van der Waals surface area contributed by atoms with Crippen LogP contribution >= 0.6 is 12.2 Å². The Bertz CT molecular complexity index is 1370. The first-order valence-electron chi connectivity index (χ1n) is 10.9. The molecule has 0 heterocycles. The van der Waals surface area contributed by atoms with Crippen molar-refractivity contribution in [2.24, 2.45) is 5.10 Å². The van der Waals surface area contributed by atoms with Crippen LogP contribution in [0.2, 0.25) is 0 Å². The van der Waals surface area contributed by atoms with Gasteiger partial charge in [-0.3, -0.25) is 5.43 Å². The van der Waals surface area contributed by atoms with Crippen LogP contribution in [0.5, 0.6) is 11.5 Å². The number of hydrogen-bond acceptors (Lipinski definition) is 5. The number of halogens is 1. The van der Waals surface area contributed by atoms with E-state index < -0.39 is 5.97 Å². The van der Waals surface area contributed by atoms with Crippen molar-refractivity contribution >= 4 is 46.0 Å². The number of carbonyl (C=O) groups excluding carboxylic acids is 1. The standard InChI is InChI=1S/C27H22FN3O3S/c1-2-33-22-14-7-19(8-15-22)26(32)34-25-16-9-18-5-3-4-6-23(18)24(25)17-29-31-27(35)30-21-12-10-20(28)11-13-21/h3-17H,2H2,1H3,(H2,30,31,35). The SMILES string of the molecule is CCOc1ccc(C(=O)Oc2ccc3ccccc3c2C=NNC(=S)Nc2ccc(F)cc2)cc1. The van der Waals surface area contributed by atoms with Gasteiger partial charge in [-0.15, -0.1) is 0 Å². The topological polar surface area (TPSA) is 72.0 Å². The number of nitrogens with one attached hydrogen (secondary N) is 2. The van der Waals surface area contributed by atoms with Crippen molar-refractivity contribution in [3.8, 4) is 11.5 Å². The molecule has 4 aromatic rings. The molecule has 8 heteroatoms. The highest BCUT2D eigenvalue weighted by atomic mass is 32.1. The van der Waals surface area contributed by atoms with Gasteiger partial charge in [0.15, 0.2) is 5.11 Å². The number of hydrazone groups is 1. The third-order valence-electron chi connectivity index (χ3n) is 5.00. The van der Waals surface area contributed by atoms with Gasteiger partial charge in [-0.2, -0.15) is 5.10 Å². The third-order valence-corrected chi connectivity index (χ3v) is 5.19. The van der Waals surface area contributed by atoms with Gasteiger partial charge in [-0.1, -0.05) is 30.3 Å². The van der Waals surface area contributed by atoms with Gasteiger partial charge in [0.1, 0.15) is 17.3 Å². The Morgan fingerprint density at radius 3 is 2.49 bits per heavy atom. The Kier molecular flexibility index (Phi) is 7.64. The van der Waals surface area contributed by atoms with Crippen LogP contribution in [-0.4, -0.2) is 23.9 Å². The molecule has 176 valence electrons. The monoisotopic (exact) mass is 487 g/mol. The summed E-state index contributed by atoms with van der Waals surface area (Å²) in [6, 6.07) is 23.8. The molecule has 0 bridgehead atoms. The van der Waals surface area contributed by atoms with Crippen molar-refractivity contribution in [2.45, 2.75) is 6.92 Å². The van der Waals surface area contributed by atoms with E-state index in [1.807, 2.05) is 37.3 Å². The first-order valence-corrected chi connectivity index (χ1v) is 11.3. The molecule has 0 saturated carbocycles. The van der Waals surface area contributed by atoms with Crippen molar-refractivity contribution in [1.29, 1.82) is 0 Å². The van der Waals surface area contributed by atoms with Crippen LogP contribution in [0.15, 0.2) is 90.0 Å². The molecule has 0 saturated heterocycles. The van der Waals surface area contributed by atoms with Gasteiger partial charge in [0.25, 0.3) is 0 Å². The minimum atomic E-state index is -0.501. The van der Waals surface area contributed by atoms with Crippen molar-refractivity contribution in [3.05, 3.63) is 102 Å². The molecule has 6 nitrogen and oxygen atoms in total. The minimum Gasteiger partial charge on any atom is -0.494 e. The van der Waals surface area contributed by atoms with E-state index in [4.69, 9.17) is 21.7 Å². The second kappa shape index (κ2) is 11.2. The molecule has 0 amide bonds. The Morgan fingerprint density at radius 2 is 1.74 bits per heavy atom. The highest BCUT2D eigenvalue weighted by Crippen LogP contribution is 2.27. The molecule has 0 aliphatic rings. The molecule has 4 aromatic carbocycles. The molecule has 0 aromatic heterocycles. The summed E-state index contributed by atoms with van der Waals surface area (Å²) < 4.78 is 24.2. The number of anilines is 1. The Labute approximate surface area is 207 Å². The van der Waals surface area contributed by atoms with Crippen LogP contribution in [0.1, 0.15) is 22.8 Å². The zero-order chi connectivity index (χ0) is 24.6. The lowest BCUT2D eigenvalue weighted by molar-refractivity contribution is 0.0734. The molecule has 0 spiro atoms. The number of esters is 1. The van der Waals surface area contributed by atoms with Gasteiger partial charge >= 0.3 is 5.97 Å². The number of hydrogen-bond donors (Lipinski definition) is 2. The van der Waals surface area contributed by atoms with Crippen LogP contribution in [0.4, 0.5) is 10.1 Å². The highest BCUT2D eigenvalue weighted by molar-refractivity contribution is 7.80. The predicted octanol–water partition coefficient (Wildman–Crippen LogP) is 5.92. The van der Waals surface area contributed by atoms with Gasteiger partial charge in [-0.25, -0.2) is 9.18 Å². The quantitative estimate of drug-likeness (QED) is 0.111. The summed E-state index contributed by atoms with van der Waals surface area (Å²) in [6.07, 6.45) is 1.54. The number of nitrogens with zero attached hydrogens (tertiary/aromatic N) is 1. The molecule has 0 aliphatic heterocycles. The molecule has 0 unspecified atom stereocenters. The van der Waals surface area contributed by atoms with Crippen molar-refractivity contribution < 1.29 is 18.7 Å². The first-order chi connectivity index (χ1) is 17.0. The number of thiocarbonyl (C=S) groups is 1. The maximum absolute atomic E-state index is 13.1. The fourth-order valence-corrected chi connectivity index (χ4v) is 3.53. The van der Waals surface area contributed by atoms with Crippen LogP contribution < -0.4 is 20.2 Å². The molecule has 0 aliphatic carbocycles. The fraction of sp³-hybridized carbons (Fsp3) is 0.0741. The first kappa shape index (κ1) is 23.8. The van der Waals surface area contributed by atoms with Gasteiger partial charge in [0.05, 0.1) is 18.4 Å². The maximum Gasteiger partial charge on any atom is 0.343 e. The van der Waals surface area contributed by atoms with Crippen molar-refractivity contribution in [2.75, 3.05) is 11.9 Å². The lowest BCUT2D eigenvalue weighted by Gasteiger charge is -2.11. The van der Waals surface area contributed by atoms with E-state index in [1.165, 1.54) is 12.1 Å². The van der Waals surface area contributed by atoms with Crippen LogP contribution in [0.25, 0.3) is 10.8 Å². The number of fused-ring (bicyclic) bond motifs is 1. The molecule has 0 atom stereocenters. The largest absolute Gasteiger partial charge is 0.494 e. The van der Waals surface area contributed by atoms with E-state index in [2.05, 4.69) is 15.8 Å². The Morgan fingerprint density at radius 1 is 1.00 bits per heavy atom. The maximum atomic E-state index is 13.1. The molecular formula is C27H22FN3O3S. The van der Waals surface area contributed by atoms with Crippen LogP contribution in [0.3, 0.4) is 0 Å². The van der Waals surface area contributed by atoms with E-state index in [1.54, 1.807) is 48.7 Å². The van der Waals surface area contributed by atoms with E-state index in [0.29, 0.717) is 34.9 Å². The summed E-state index contributed by atoms with van der Waals surface area (Å²) >= 11 is 5.25. The zero-order valence-electron chi connectivity index (χ0n) is 18.8. The van der Waals surface area contributed by atoms with Crippen molar-refractivity contribution in [3.63, 3.8) is 0 Å². The molecule has 4 rings (SSSR count). The van der Waals surface area contributed by atoms with E-state index >= 15 is 0 Å². The summed E-state index contributed by atoms with van der Waals surface area (Å²) in [5, 5.41) is 9.17. The van der Waals surface area contributed by atoms with Crippen LogP contribution in [0, 0.1) is 5.82 Å². The van der Waals surface area contributed by atoms with Gasteiger partial charge in [-0.05, 0) is 84.5 Å². The molecule has 0 fully saturated rings. The summed E-state index contributed by atoms with van der Waals surface area (Å²) in [5.41, 5.74) is 4.36. The number of rotatable bonds is 7. The fourth-order valence-electron chi connectivity index (χ4n) is 3.36. The third kappa shape index (κ3) is 6.18. The minimum absolute atomic E-state index is 0.223. The summed E-state index contributed by atoms with van der Waals surface area (Å²) in [7, 11) is 0. The average Bonchev–Trinajstić information content (AvgIpc) is 2.87. The zero-order valence-corrected chi connectivity index (χ0v) is 19.6. The summed E-state index contributed by atoms with van der Waals surface area (Å²) in [6.45, 7) is 2.44. The van der Waals surface area contributed by atoms with Gasteiger partial charge in [0.2, 0.25) is 0 Å². The van der Waals surface area contributed by atoms with Gasteiger partial charge < -0.3 is 14.8 Å². The van der Waals surface area contributed by atoms with Crippen molar-refractivity contribution in [1.82, 2.24) is 5.43 Å². The normalized spacial score (nSPS) is 10.8. The molecule has 0 radical (unpaired) electrons. The molecule has 2 N–H and O–H groups in total. The number of ether oxygens (including phenoxy) is 2. The lowest BCUT2D eigenvalue weighted by atomic mass is 10.0. The second-order valence-electron chi connectivity index (χ2n) is 7.38. The number of benzene rings is 4. The smallest absolute Gasteiger partial charge is 0.343 e.